The first-order valence-corrected chi connectivity index (χ1v) is 14.9. The lowest BCUT2D eigenvalue weighted by Gasteiger charge is -2.45. The fourth-order valence-electron chi connectivity index (χ4n) is 5.61. The minimum Gasteiger partial charge on any atom is -0.394 e. The third-order valence-electron chi connectivity index (χ3n) is 7.95. The molecule has 2 aliphatic heterocycles. The van der Waals surface area contributed by atoms with Gasteiger partial charge >= 0.3 is 0 Å². The standard InChI is InChI=1S/C28H29F4N7O5S/c1-43-27-24(39-11-19(35-37-39)14-6-16(30)23(32)17(31)7-14)26(42)21(12-40)44-28(27)45-22-9-33-8-20(25(22)41)38-10-18(34-36-38)13-3-2-4-15(29)5-13/h2-7,10-11,20-22,24-28,33,40-42H,8-9,12H2,1H3. The molecule has 45 heavy (non-hydrogen) atoms. The van der Waals surface area contributed by atoms with E-state index in [0.29, 0.717) is 24.3 Å². The van der Waals surface area contributed by atoms with Gasteiger partial charge < -0.3 is 30.1 Å². The van der Waals surface area contributed by atoms with Crippen molar-refractivity contribution in [2.75, 3.05) is 26.8 Å². The van der Waals surface area contributed by atoms with Gasteiger partial charge in [0.05, 0.1) is 31.1 Å². The first-order valence-electron chi connectivity index (χ1n) is 13.9. The third kappa shape index (κ3) is 6.20. The fraction of sp³-hybridized carbons (Fsp3) is 0.429. The molecule has 0 aliphatic carbocycles. The van der Waals surface area contributed by atoms with Crippen LogP contribution in [0.25, 0.3) is 22.5 Å². The number of ether oxygens (including phenoxy) is 2. The number of aliphatic hydroxyl groups excluding tert-OH is 3. The summed E-state index contributed by atoms with van der Waals surface area (Å²) in [7, 11) is 1.39. The number of aliphatic hydroxyl groups is 3. The number of rotatable bonds is 8. The zero-order valence-corrected chi connectivity index (χ0v) is 24.4. The highest BCUT2D eigenvalue weighted by Gasteiger charge is 2.49. The maximum atomic E-state index is 13.9. The third-order valence-corrected chi connectivity index (χ3v) is 9.39. The van der Waals surface area contributed by atoms with Crippen molar-refractivity contribution in [1.82, 2.24) is 35.3 Å². The number of thioether (sulfide) groups is 1. The lowest BCUT2D eigenvalue weighted by atomic mass is 9.97. The van der Waals surface area contributed by atoms with Crippen molar-refractivity contribution in [2.24, 2.45) is 0 Å². The van der Waals surface area contributed by atoms with Gasteiger partial charge in [-0.2, -0.15) is 0 Å². The van der Waals surface area contributed by atoms with Gasteiger partial charge in [0.25, 0.3) is 0 Å². The molecule has 8 atom stereocenters. The Morgan fingerprint density at radius 2 is 1.64 bits per heavy atom. The second-order valence-electron chi connectivity index (χ2n) is 10.7. The van der Waals surface area contributed by atoms with E-state index >= 15 is 0 Å². The topological polar surface area (TPSA) is 153 Å². The molecular formula is C28H29F4N7O5S. The Bertz CT molecular complexity index is 1620. The number of piperidine rings is 1. The van der Waals surface area contributed by atoms with Gasteiger partial charge in [0, 0.05) is 36.6 Å². The SMILES string of the molecule is COC1C(SC2CNCC(n3cc(-c4cccc(F)c4)nn3)C2O)OC(CO)C(O)C1n1cc(-c2cc(F)c(F)c(F)c2)nn1. The molecule has 6 rings (SSSR count). The fourth-order valence-corrected chi connectivity index (χ4v) is 7.15. The van der Waals surface area contributed by atoms with E-state index in [1.165, 1.54) is 46.6 Å². The minimum absolute atomic E-state index is 0.00582. The monoisotopic (exact) mass is 651 g/mol. The Kier molecular flexibility index (Phi) is 9.19. The molecular weight excluding hydrogens is 622 g/mol. The van der Waals surface area contributed by atoms with E-state index in [1.807, 2.05) is 0 Å². The van der Waals surface area contributed by atoms with E-state index < -0.39 is 77.1 Å². The summed E-state index contributed by atoms with van der Waals surface area (Å²) < 4.78 is 69.5. The highest BCUT2D eigenvalue weighted by Crippen LogP contribution is 2.40. The molecule has 0 radical (unpaired) electrons. The molecule has 2 aromatic heterocycles. The molecule has 2 aliphatic rings. The quantitative estimate of drug-likeness (QED) is 0.163. The van der Waals surface area contributed by atoms with Gasteiger partial charge in [-0.15, -0.1) is 22.0 Å². The average Bonchev–Trinajstić information content (AvgIpc) is 3.72. The van der Waals surface area contributed by atoms with Gasteiger partial charge in [0.1, 0.15) is 47.0 Å². The molecule has 2 fully saturated rings. The number of nitrogens with zero attached hydrogens (tertiary/aromatic N) is 6. The second-order valence-corrected chi connectivity index (χ2v) is 12.1. The molecule has 8 unspecified atom stereocenters. The highest BCUT2D eigenvalue weighted by molar-refractivity contribution is 8.00. The van der Waals surface area contributed by atoms with Crippen LogP contribution in [0.1, 0.15) is 12.1 Å². The zero-order chi connectivity index (χ0) is 31.8. The number of hydrogen-bond acceptors (Lipinski definition) is 11. The summed E-state index contributed by atoms with van der Waals surface area (Å²) >= 11 is 1.22. The van der Waals surface area contributed by atoms with Crippen LogP contribution in [-0.2, 0) is 9.47 Å². The van der Waals surface area contributed by atoms with Crippen molar-refractivity contribution in [3.8, 4) is 22.5 Å². The lowest BCUT2D eigenvalue weighted by Crippen LogP contribution is -2.57. The van der Waals surface area contributed by atoms with Gasteiger partial charge in [0.2, 0.25) is 0 Å². The van der Waals surface area contributed by atoms with E-state index in [2.05, 4.69) is 25.9 Å². The zero-order valence-electron chi connectivity index (χ0n) is 23.6. The van der Waals surface area contributed by atoms with E-state index in [-0.39, 0.29) is 11.3 Å². The van der Waals surface area contributed by atoms with Crippen LogP contribution in [0.5, 0.6) is 0 Å². The van der Waals surface area contributed by atoms with Crippen molar-refractivity contribution >= 4 is 11.8 Å². The Balaban J connectivity index is 1.22. The van der Waals surface area contributed by atoms with Crippen LogP contribution in [0.15, 0.2) is 48.8 Å². The van der Waals surface area contributed by atoms with Gasteiger partial charge in [-0.3, -0.25) is 0 Å². The lowest BCUT2D eigenvalue weighted by molar-refractivity contribution is -0.186. The van der Waals surface area contributed by atoms with Gasteiger partial charge in [-0.1, -0.05) is 22.6 Å². The largest absolute Gasteiger partial charge is 0.394 e. The Morgan fingerprint density at radius 1 is 0.956 bits per heavy atom. The van der Waals surface area contributed by atoms with Gasteiger partial charge in [-0.05, 0) is 24.3 Å². The normalized spacial score (nSPS) is 28.8. The Morgan fingerprint density at radius 3 is 2.33 bits per heavy atom. The van der Waals surface area contributed by atoms with E-state index in [9.17, 15) is 32.9 Å². The maximum absolute atomic E-state index is 13.9. The summed E-state index contributed by atoms with van der Waals surface area (Å²) in [4.78, 5) is 0. The Labute approximate surface area is 258 Å². The maximum Gasteiger partial charge on any atom is 0.194 e. The van der Waals surface area contributed by atoms with Crippen LogP contribution < -0.4 is 5.32 Å². The highest BCUT2D eigenvalue weighted by atomic mass is 32.2. The second kappa shape index (κ2) is 13.1. The van der Waals surface area contributed by atoms with Crippen LogP contribution >= 0.6 is 11.8 Å². The van der Waals surface area contributed by atoms with Crippen molar-refractivity contribution in [1.29, 1.82) is 0 Å². The van der Waals surface area contributed by atoms with Crippen molar-refractivity contribution in [2.45, 2.75) is 47.2 Å². The summed E-state index contributed by atoms with van der Waals surface area (Å²) in [6.07, 6.45) is -1.34. The molecule has 0 spiro atoms. The van der Waals surface area contributed by atoms with Gasteiger partial charge in [-0.25, -0.2) is 26.9 Å². The molecule has 12 nitrogen and oxygen atoms in total. The van der Waals surface area contributed by atoms with Crippen molar-refractivity contribution in [3.63, 3.8) is 0 Å². The van der Waals surface area contributed by atoms with Gasteiger partial charge in [0.15, 0.2) is 17.5 Å². The molecule has 17 heteroatoms. The van der Waals surface area contributed by atoms with E-state index in [0.717, 1.165) is 12.1 Å². The van der Waals surface area contributed by atoms with Crippen molar-refractivity contribution < 1.29 is 42.4 Å². The minimum atomic E-state index is -1.62. The number of aromatic nitrogens is 6. The number of methoxy groups -OCH3 is 1. The molecule has 4 aromatic rings. The molecule has 4 heterocycles. The summed E-state index contributed by atoms with van der Waals surface area (Å²) in [5.41, 5.74) is 0.0648. The number of halogens is 4. The first-order chi connectivity index (χ1) is 21.7. The predicted molar refractivity (Wildman–Crippen MR) is 152 cm³/mol. The van der Waals surface area contributed by atoms with Crippen LogP contribution in [-0.4, -0.2) is 107 Å². The van der Waals surface area contributed by atoms with Crippen LogP contribution in [0.3, 0.4) is 0 Å². The molecule has 4 N–H and O–H groups in total. The van der Waals surface area contributed by atoms with E-state index in [4.69, 9.17) is 9.47 Å². The molecule has 2 aromatic carbocycles. The summed E-state index contributed by atoms with van der Waals surface area (Å²) in [5.74, 6) is -4.82. The molecule has 0 bridgehead atoms. The predicted octanol–water partition coefficient (Wildman–Crippen LogP) is 1.70. The summed E-state index contributed by atoms with van der Waals surface area (Å²) in [6.45, 7) is 0.184. The first kappa shape index (κ1) is 31.5. The average molecular weight is 652 g/mol. The van der Waals surface area contributed by atoms with Crippen molar-refractivity contribution in [3.05, 3.63) is 72.1 Å². The molecule has 240 valence electrons. The van der Waals surface area contributed by atoms with Crippen LogP contribution in [0.2, 0.25) is 0 Å². The van der Waals surface area contributed by atoms with E-state index in [1.54, 1.807) is 18.3 Å². The van der Waals surface area contributed by atoms with Crippen LogP contribution in [0.4, 0.5) is 17.6 Å². The molecule has 0 saturated carbocycles. The number of nitrogens with one attached hydrogen (secondary N) is 1. The Hall–Kier alpha value is -3.45. The molecule has 2 saturated heterocycles. The summed E-state index contributed by atoms with van der Waals surface area (Å²) in [5, 5.41) is 51.7. The summed E-state index contributed by atoms with van der Waals surface area (Å²) in [6, 6.07) is 5.96. The number of benzene rings is 2. The molecule has 0 amide bonds. The smallest absolute Gasteiger partial charge is 0.194 e. The number of hydrogen-bond donors (Lipinski definition) is 4. The van der Waals surface area contributed by atoms with Crippen LogP contribution in [0, 0.1) is 23.3 Å².